The number of rotatable bonds is 1. The maximum Gasteiger partial charge on any atom is 0.359 e. The molecule has 0 radical (unpaired) electrons. The number of carbonyl (C=O) groups excluding carboxylic acids is 1. The molecule has 5 nitrogen and oxygen atoms in total. The van der Waals surface area contributed by atoms with E-state index < -0.39 is 5.97 Å². The highest BCUT2D eigenvalue weighted by Gasteiger charge is 2.18. The molecule has 0 spiro atoms. The number of ether oxygens (including phenoxy) is 1. The summed E-state index contributed by atoms with van der Waals surface area (Å²) >= 11 is 3.25. The van der Waals surface area contributed by atoms with E-state index in [-0.39, 0.29) is 5.69 Å². The minimum Gasteiger partial charge on any atom is -0.464 e. The van der Waals surface area contributed by atoms with Crippen molar-refractivity contribution in [3.8, 4) is 0 Å². The van der Waals surface area contributed by atoms with E-state index in [1.807, 2.05) is 0 Å². The van der Waals surface area contributed by atoms with E-state index in [1.165, 1.54) is 11.6 Å². The highest BCUT2D eigenvalue weighted by atomic mass is 79.9. The predicted octanol–water partition coefficient (Wildman–Crippen LogP) is 1.28. The van der Waals surface area contributed by atoms with Gasteiger partial charge in [0, 0.05) is 12.4 Å². The summed E-state index contributed by atoms with van der Waals surface area (Å²) < 4.78 is 6.63. The molecular formula is C8H6BrN3O2. The van der Waals surface area contributed by atoms with Gasteiger partial charge >= 0.3 is 5.97 Å². The first-order valence-corrected chi connectivity index (χ1v) is 4.60. The van der Waals surface area contributed by atoms with E-state index in [0.717, 1.165) is 0 Å². The lowest BCUT2D eigenvalue weighted by atomic mass is 10.4. The van der Waals surface area contributed by atoms with Gasteiger partial charge in [-0.1, -0.05) is 0 Å². The number of fused-ring (bicyclic) bond motifs is 1. The summed E-state index contributed by atoms with van der Waals surface area (Å²) in [6.07, 6.45) is 3.34. The minimum atomic E-state index is -0.484. The van der Waals surface area contributed by atoms with Crippen molar-refractivity contribution in [3.63, 3.8) is 0 Å². The normalized spacial score (nSPS) is 10.4. The first-order chi connectivity index (χ1) is 6.74. The monoisotopic (exact) mass is 255 g/mol. The lowest BCUT2D eigenvalue weighted by molar-refractivity contribution is 0.0592. The molecule has 2 rings (SSSR count). The summed E-state index contributed by atoms with van der Waals surface area (Å²) in [6.45, 7) is 0. The zero-order valence-corrected chi connectivity index (χ0v) is 8.85. The lowest BCUT2D eigenvalue weighted by Crippen LogP contribution is -2.02. The average molecular weight is 256 g/mol. The first kappa shape index (κ1) is 9.14. The summed E-state index contributed by atoms with van der Waals surface area (Å²) in [7, 11) is 1.31. The highest BCUT2D eigenvalue weighted by Crippen LogP contribution is 2.20. The fourth-order valence-corrected chi connectivity index (χ4v) is 1.61. The van der Waals surface area contributed by atoms with Crippen LogP contribution in [0.15, 0.2) is 22.9 Å². The summed E-state index contributed by atoms with van der Waals surface area (Å²) in [5.41, 5.74) is 0.819. The fraction of sp³-hybridized carbons (Fsp3) is 0.125. The first-order valence-electron chi connectivity index (χ1n) is 3.81. The van der Waals surface area contributed by atoms with Crippen molar-refractivity contribution >= 4 is 27.5 Å². The van der Waals surface area contributed by atoms with Crippen LogP contribution in [0.2, 0.25) is 0 Å². The third-order valence-corrected chi connectivity index (χ3v) is 2.45. The Labute approximate surface area is 87.8 Å². The minimum absolute atomic E-state index is 0.228. The van der Waals surface area contributed by atoms with Crippen molar-refractivity contribution in [2.45, 2.75) is 0 Å². The zero-order valence-electron chi connectivity index (χ0n) is 7.27. The summed E-state index contributed by atoms with van der Waals surface area (Å²) in [5, 5.41) is 4.02. The molecule has 0 atom stereocenters. The molecule has 0 unspecified atom stereocenters. The van der Waals surface area contributed by atoms with Crippen molar-refractivity contribution in [2.75, 3.05) is 7.11 Å². The van der Waals surface area contributed by atoms with E-state index in [1.54, 1.807) is 18.5 Å². The van der Waals surface area contributed by atoms with Crippen LogP contribution in [-0.2, 0) is 4.74 Å². The van der Waals surface area contributed by atoms with Crippen molar-refractivity contribution < 1.29 is 9.53 Å². The van der Waals surface area contributed by atoms with E-state index in [4.69, 9.17) is 0 Å². The molecule has 0 saturated heterocycles. The quantitative estimate of drug-likeness (QED) is 0.721. The third kappa shape index (κ3) is 1.27. The molecule has 72 valence electrons. The Balaban J connectivity index is 2.68. The van der Waals surface area contributed by atoms with Crippen LogP contribution < -0.4 is 0 Å². The third-order valence-electron chi connectivity index (χ3n) is 1.72. The molecule has 2 aromatic rings. The van der Waals surface area contributed by atoms with Crippen LogP contribution in [0.5, 0.6) is 0 Å². The Morgan fingerprint density at radius 3 is 3.07 bits per heavy atom. The Bertz CT molecular complexity index is 494. The standard InChI is InChI=1S/C8H6BrN3O2/c1-14-8(13)6-5(9)7-10-3-2-4-12(7)11-6/h2-4H,1H3. The maximum atomic E-state index is 11.2. The summed E-state index contributed by atoms with van der Waals surface area (Å²) in [4.78, 5) is 15.3. The Morgan fingerprint density at radius 2 is 2.43 bits per heavy atom. The van der Waals surface area contributed by atoms with Crippen LogP contribution in [-0.4, -0.2) is 27.7 Å². The van der Waals surface area contributed by atoms with Gasteiger partial charge in [-0.25, -0.2) is 14.3 Å². The van der Waals surface area contributed by atoms with Crippen LogP contribution in [0.4, 0.5) is 0 Å². The lowest BCUT2D eigenvalue weighted by Gasteiger charge is -1.91. The van der Waals surface area contributed by atoms with Crippen LogP contribution in [0.25, 0.3) is 5.65 Å². The molecule has 0 bridgehead atoms. The van der Waals surface area contributed by atoms with Crippen molar-refractivity contribution in [3.05, 3.63) is 28.6 Å². The Hall–Kier alpha value is -1.43. The highest BCUT2D eigenvalue weighted by molar-refractivity contribution is 9.10. The molecule has 0 aliphatic heterocycles. The molecule has 0 amide bonds. The number of aromatic nitrogens is 3. The molecule has 0 saturated carbocycles. The van der Waals surface area contributed by atoms with Crippen LogP contribution in [0.3, 0.4) is 0 Å². The molecule has 0 aromatic carbocycles. The second-order valence-corrected chi connectivity index (χ2v) is 3.34. The van der Waals surface area contributed by atoms with Gasteiger partial charge in [0.1, 0.15) is 0 Å². The topological polar surface area (TPSA) is 56.5 Å². The largest absolute Gasteiger partial charge is 0.464 e. The molecule has 2 heterocycles. The van der Waals surface area contributed by atoms with Crippen molar-refractivity contribution in [1.82, 2.24) is 14.6 Å². The number of carbonyl (C=O) groups is 1. The molecule has 2 aromatic heterocycles. The van der Waals surface area contributed by atoms with E-state index in [0.29, 0.717) is 10.1 Å². The van der Waals surface area contributed by atoms with Gasteiger partial charge in [0.2, 0.25) is 0 Å². The maximum absolute atomic E-state index is 11.2. The van der Waals surface area contributed by atoms with Crippen LogP contribution in [0, 0.1) is 0 Å². The number of hydrogen-bond acceptors (Lipinski definition) is 4. The smallest absolute Gasteiger partial charge is 0.359 e. The zero-order chi connectivity index (χ0) is 10.1. The molecule has 14 heavy (non-hydrogen) atoms. The van der Waals surface area contributed by atoms with Crippen molar-refractivity contribution in [2.24, 2.45) is 0 Å². The number of halogens is 1. The Kier molecular flexibility index (Phi) is 2.20. The summed E-state index contributed by atoms with van der Waals surface area (Å²) in [6, 6.07) is 1.73. The van der Waals surface area contributed by atoms with Gasteiger partial charge in [-0.2, -0.15) is 5.10 Å². The second kappa shape index (κ2) is 3.38. The van der Waals surface area contributed by atoms with Crippen LogP contribution >= 0.6 is 15.9 Å². The Morgan fingerprint density at radius 1 is 1.64 bits per heavy atom. The molecule has 0 fully saturated rings. The molecule has 0 aliphatic rings. The van der Waals surface area contributed by atoms with E-state index in [2.05, 4.69) is 30.7 Å². The SMILES string of the molecule is COC(=O)c1nn2cccnc2c1Br. The molecular weight excluding hydrogens is 250 g/mol. The van der Waals surface area contributed by atoms with Gasteiger partial charge in [0.25, 0.3) is 0 Å². The van der Waals surface area contributed by atoms with Crippen LogP contribution in [0.1, 0.15) is 10.5 Å². The van der Waals surface area contributed by atoms with Gasteiger partial charge in [0.05, 0.1) is 11.6 Å². The van der Waals surface area contributed by atoms with Gasteiger partial charge in [0.15, 0.2) is 11.3 Å². The summed E-state index contributed by atoms with van der Waals surface area (Å²) in [5.74, 6) is -0.484. The predicted molar refractivity (Wildman–Crippen MR) is 52.0 cm³/mol. The fourth-order valence-electron chi connectivity index (χ4n) is 1.09. The number of hydrogen-bond donors (Lipinski definition) is 0. The second-order valence-electron chi connectivity index (χ2n) is 2.54. The number of methoxy groups -OCH3 is 1. The number of esters is 1. The average Bonchev–Trinajstić information content (AvgIpc) is 2.56. The number of nitrogens with zero attached hydrogens (tertiary/aromatic N) is 3. The van der Waals surface area contributed by atoms with Gasteiger partial charge < -0.3 is 4.74 Å². The van der Waals surface area contributed by atoms with E-state index >= 15 is 0 Å². The van der Waals surface area contributed by atoms with Gasteiger partial charge in [-0.15, -0.1) is 0 Å². The molecule has 6 heteroatoms. The van der Waals surface area contributed by atoms with E-state index in [9.17, 15) is 4.79 Å². The van der Waals surface area contributed by atoms with Crippen molar-refractivity contribution in [1.29, 1.82) is 0 Å². The van der Waals surface area contributed by atoms with Gasteiger partial charge in [-0.3, -0.25) is 0 Å². The molecule has 0 N–H and O–H groups in total. The molecule has 0 aliphatic carbocycles. The van der Waals surface area contributed by atoms with Gasteiger partial charge in [-0.05, 0) is 22.0 Å².